The number of hydrogen-bond donors (Lipinski definition) is 1. The van der Waals surface area contributed by atoms with Gasteiger partial charge in [0.05, 0.1) is 13.2 Å². The fraction of sp³-hybridized carbons (Fsp3) is 0.548. The number of aromatic nitrogens is 3. The first-order chi connectivity index (χ1) is 19.5. The van der Waals surface area contributed by atoms with Crippen LogP contribution < -0.4 is 9.64 Å². The van der Waals surface area contributed by atoms with Crippen molar-refractivity contribution in [1.29, 1.82) is 0 Å². The summed E-state index contributed by atoms with van der Waals surface area (Å²) in [5, 5.41) is 10.6. The lowest BCUT2D eigenvalue weighted by atomic mass is 9.78. The topological polar surface area (TPSA) is 102 Å². The van der Waals surface area contributed by atoms with Crippen molar-refractivity contribution in [2.24, 2.45) is 11.8 Å². The van der Waals surface area contributed by atoms with Gasteiger partial charge in [0.15, 0.2) is 5.89 Å². The monoisotopic (exact) mass is 564 g/mol. The number of nitrogens with zero attached hydrogens (tertiary/aromatic N) is 4. The first-order valence-corrected chi connectivity index (χ1v) is 15.0. The molecule has 0 saturated heterocycles. The third-order valence-electron chi connectivity index (χ3n) is 8.86. The molecule has 0 radical (unpaired) electrons. The van der Waals surface area contributed by atoms with E-state index in [-0.39, 0.29) is 17.9 Å². The van der Waals surface area contributed by atoms with E-state index >= 15 is 0 Å². The molecule has 3 aliphatic rings. The van der Waals surface area contributed by atoms with E-state index in [1.807, 2.05) is 29.3 Å². The largest absolute Gasteiger partial charge is 0.480 e. The molecule has 0 aromatic carbocycles. The van der Waals surface area contributed by atoms with E-state index in [2.05, 4.69) is 9.97 Å². The number of ether oxygens (including phenoxy) is 1. The number of hydrogen-bond acceptors (Lipinski definition) is 7. The zero-order valence-corrected chi connectivity index (χ0v) is 23.7. The second kappa shape index (κ2) is 11.9. The van der Waals surface area contributed by atoms with Gasteiger partial charge in [0.1, 0.15) is 22.8 Å². The Hall–Kier alpha value is -2.97. The molecule has 3 aromatic rings. The predicted molar refractivity (Wildman–Crippen MR) is 153 cm³/mol. The molecule has 0 aliphatic heterocycles. The minimum atomic E-state index is -0.303. The van der Waals surface area contributed by atoms with Gasteiger partial charge in [-0.3, -0.25) is 9.69 Å². The highest BCUT2D eigenvalue weighted by atomic mass is 35.5. The lowest BCUT2D eigenvalue weighted by molar-refractivity contribution is -0.124. The highest BCUT2D eigenvalue weighted by Gasteiger charge is 2.33. The van der Waals surface area contributed by atoms with Crippen LogP contribution in [0, 0.1) is 11.8 Å². The molecule has 3 fully saturated rings. The number of carbonyl (C=O) groups is 1. The molecule has 212 valence electrons. The van der Waals surface area contributed by atoms with Crippen molar-refractivity contribution in [1.82, 2.24) is 15.0 Å². The van der Waals surface area contributed by atoms with Gasteiger partial charge in [0.2, 0.25) is 11.8 Å². The van der Waals surface area contributed by atoms with Gasteiger partial charge in [-0.2, -0.15) is 0 Å². The molecule has 0 atom stereocenters. The van der Waals surface area contributed by atoms with Crippen LogP contribution in [0.15, 0.2) is 41.3 Å². The van der Waals surface area contributed by atoms with E-state index in [1.54, 1.807) is 19.6 Å². The highest BCUT2D eigenvalue weighted by molar-refractivity contribution is 6.31. The Morgan fingerprint density at radius 2 is 1.80 bits per heavy atom. The van der Waals surface area contributed by atoms with Crippen molar-refractivity contribution in [3.05, 3.63) is 53.3 Å². The number of pyridine rings is 2. The molecule has 3 heterocycles. The Bertz CT molecular complexity index is 1330. The summed E-state index contributed by atoms with van der Waals surface area (Å²) in [5.41, 5.74) is 2.83. The van der Waals surface area contributed by atoms with Crippen LogP contribution in [-0.2, 0) is 4.79 Å². The van der Waals surface area contributed by atoms with Gasteiger partial charge >= 0.3 is 0 Å². The molecule has 3 aromatic heterocycles. The van der Waals surface area contributed by atoms with Crippen LogP contribution in [-0.4, -0.2) is 45.7 Å². The zero-order valence-electron chi connectivity index (χ0n) is 23.0. The van der Waals surface area contributed by atoms with E-state index in [0.29, 0.717) is 66.7 Å². The van der Waals surface area contributed by atoms with Crippen LogP contribution in [0.1, 0.15) is 87.5 Å². The number of methoxy groups -OCH3 is 1. The summed E-state index contributed by atoms with van der Waals surface area (Å²) in [4.78, 5) is 29.6. The van der Waals surface area contributed by atoms with Crippen LogP contribution in [0.3, 0.4) is 0 Å². The first kappa shape index (κ1) is 27.2. The minimum Gasteiger partial charge on any atom is -0.480 e. The van der Waals surface area contributed by atoms with Crippen LogP contribution in [0.25, 0.3) is 11.3 Å². The predicted octanol–water partition coefficient (Wildman–Crippen LogP) is 6.53. The summed E-state index contributed by atoms with van der Waals surface area (Å²) in [7, 11) is 1.57. The zero-order chi connectivity index (χ0) is 27.6. The second-order valence-corrected chi connectivity index (χ2v) is 12.1. The molecule has 1 N–H and O–H groups in total. The second-order valence-electron chi connectivity index (χ2n) is 11.7. The van der Waals surface area contributed by atoms with Crippen molar-refractivity contribution in [3.63, 3.8) is 0 Å². The van der Waals surface area contributed by atoms with Gasteiger partial charge in [0.25, 0.3) is 0 Å². The van der Waals surface area contributed by atoms with Crippen LogP contribution in [0.2, 0.25) is 5.02 Å². The maximum absolute atomic E-state index is 13.9. The number of rotatable bonds is 8. The third kappa shape index (κ3) is 6.03. The molecule has 8 nitrogen and oxygen atoms in total. The molecule has 3 aliphatic carbocycles. The number of halogens is 1. The van der Waals surface area contributed by atoms with Crippen LogP contribution in [0.5, 0.6) is 5.88 Å². The van der Waals surface area contributed by atoms with Gasteiger partial charge in [-0.25, -0.2) is 15.0 Å². The Morgan fingerprint density at radius 3 is 2.50 bits per heavy atom. The summed E-state index contributed by atoms with van der Waals surface area (Å²) in [6.07, 6.45) is 14.1. The standard InChI is InChI=1S/C31H37ClN4O4/c1-39-30-26(32)14-24(16-34-30)20-4-2-19(3-5-20)17-36(31(38)22-8-10-25(37)11-9-22)28-15-23(12-13-33-28)27-18-40-29(35-27)21-6-7-21/h12-16,18-22,25,37H,2-11,17H2,1H3. The smallest absolute Gasteiger partial charge is 0.232 e. The SMILES string of the molecule is COc1ncc(C2CCC(CN(C(=O)C3CCC(O)CC3)c3cc(-c4coc(C5CC5)n4)ccn3)CC2)cc1Cl. The van der Waals surface area contributed by atoms with Crippen molar-refractivity contribution in [2.45, 2.75) is 82.1 Å². The van der Waals surface area contributed by atoms with E-state index in [0.717, 1.165) is 61.2 Å². The number of aliphatic hydroxyl groups is 1. The summed E-state index contributed by atoms with van der Waals surface area (Å²) < 4.78 is 10.9. The summed E-state index contributed by atoms with van der Waals surface area (Å²) in [6, 6.07) is 5.87. The molecule has 1 amide bonds. The maximum Gasteiger partial charge on any atom is 0.232 e. The Kier molecular flexibility index (Phi) is 8.08. The highest BCUT2D eigenvalue weighted by Crippen LogP contribution is 2.41. The molecule has 0 spiro atoms. The Morgan fingerprint density at radius 1 is 1.05 bits per heavy atom. The number of aliphatic hydroxyl groups excluding tert-OH is 1. The van der Waals surface area contributed by atoms with Gasteiger partial charge in [-0.15, -0.1) is 0 Å². The summed E-state index contributed by atoms with van der Waals surface area (Å²) in [6.45, 7) is 0.634. The van der Waals surface area contributed by atoms with Crippen molar-refractivity contribution < 1.29 is 19.1 Å². The number of amides is 1. The Balaban J connectivity index is 1.19. The lowest BCUT2D eigenvalue weighted by Gasteiger charge is -2.35. The molecular weight excluding hydrogens is 528 g/mol. The quantitative estimate of drug-likeness (QED) is 0.332. The first-order valence-electron chi connectivity index (χ1n) is 14.6. The maximum atomic E-state index is 13.9. The fourth-order valence-corrected chi connectivity index (χ4v) is 6.51. The Labute approximate surface area is 240 Å². The normalized spacial score (nSPS) is 25.0. The van der Waals surface area contributed by atoms with Crippen LogP contribution >= 0.6 is 11.6 Å². The van der Waals surface area contributed by atoms with E-state index in [9.17, 15) is 9.90 Å². The van der Waals surface area contributed by atoms with Crippen molar-refractivity contribution in [3.8, 4) is 17.1 Å². The van der Waals surface area contributed by atoms with Gasteiger partial charge in [0, 0.05) is 36.3 Å². The van der Waals surface area contributed by atoms with Crippen molar-refractivity contribution in [2.75, 3.05) is 18.6 Å². The van der Waals surface area contributed by atoms with Gasteiger partial charge in [-0.1, -0.05) is 11.6 Å². The molecule has 3 saturated carbocycles. The average molecular weight is 565 g/mol. The number of oxazole rings is 1. The summed E-state index contributed by atoms with van der Waals surface area (Å²) in [5.74, 6) is 3.14. The summed E-state index contributed by atoms with van der Waals surface area (Å²) >= 11 is 6.34. The molecule has 9 heteroatoms. The molecular formula is C31H37ClN4O4. The molecule has 40 heavy (non-hydrogen) atoms. The van der Waals surface area contributed by atoms with Crippen LogP contribution in [0.4, 0.5) is 5.82 Å². The lowest BCUT2D eigenvalue weighted by Crippen LogP contribution is -2.42. The third-order valence-corrected chi connectivity index (χ3v) is 9.13. The van der Waals surface area contributed by atoms with E-state index in [1.165, 1.54) is 0 Å². The molecule has 0 unspecified atom stereocenters. The fourth-order valence-electron chi connectivity index (χ4n) is 6.25. The van der Waals surface area contributed by atoms with Gasteiger partial charge < -0.3 is 14.3 Å². The number of anilines is 1. The van der Waals surface area contributed by atoms with Gasteiger partial charge in [-0.05, 0) is 99.8 Å². The average Bonchev–Trinajstić information content (AvgIpc) is 3.72. The van der Waals surface area contributed by atoms with E-state index < -0.39 is 0 Å². The van der Waals surface area contributed by atoms with Crippen molar-refractivity contribution >= 4 is 23.3 Å². The molecule has 6 rings (SSSR count). The molecule has 0 bridgehead atoms. The van der Waals surface area contributed by atoms with E-state index in [4.69, 9.17) is 25.7 Å². The minimum absolute atomic E-state index is 0.0915. The number of carbonyl (C=O) groups excluding carboxylic acids is 1.